The van der Waals surface area contributed by atoms with Crippen molar-refractivity contribution >= 4 is 0 Å². The Bertz CT molecular complexity index is 225. The highest BCUT2D eigenvalue weighted by molar-refractivity contribution is 5.19. The van der Waals surface area contributed by atoms with Gasteiger partial charge in [0.1, 0.15) is 0 Å². The molecule has 2 rings (SSSR count). The van der Waals surface area contributed by atoms with E-state index in [9.17, 15) is 0 Å². The second-order valence-electron chi connectivity index (χ2n) is 2.78. The van der Waals surface area contributed by atoms with E-state index in [-0.39, 0.29) is 0 Å². The van der Waals surface area contributed by atoms with Crippen LogP contribution < -0.4 is 0 Å². The summed E-state index contributed by atoms with van der Waals surface area (Å²) in [7, 11) is 1.71. The second kappa shape index (κ2) is 2.64. The summed E-state index contributed by atoms with van der Waals surface area (Å²) in [5.41, 5.74) is 2.52. The average Bonchev–Trinajstić information content (AvgIpc) is 2.46. The van der Waals surface area contributed by atoms with Crippen LogP contribution in [0.25, 0.3) is 0 Å². The number of rotatable bonds is 2. The predicted octanol–water partition coefficient (Wildman–Crippen LogP) is 0.329. The first kappa shape index (κ1) is 6.82. The van der Waals surface area contributed by atoms with Gasteiger partial charge in [0, 0.05) is 25.8 Å². The molecule has 0 aromatic carbocycles. The molecule has 1 aliphatic heterocycles. The van der Waals surface area contributed by atoms with Gasteiger partial charge in [0.05, 0.1) is 18.6 Å². The molecule has 0 atom stereocenters. The fourth-order valence-corrected chi connectivity index (χ4v) is 1.41. The minimum Gasteiger partial charge on any atom is -0.369 e. The summed E-state index contributed by atoms with van der Waals surface area (Å²) in [6, 6.07) is 0. The van der Waals surface area contributed by atoms with E-state index in [1.807, 2.05) is 6.20 Å². The van der Waals surface area contributed by atoms with Crippen molar-refractivity contribution < 1.29 is 4.74 Å². The van der Waals surface area contributed by atoms with Crippen LogP contribution in [0.15, 0.2) is 6.20 Å². The molecule has 4 heteroatoms. The zero-order valence-electron chi connectivity index (χ0n) is 6.50. The predicted molar refractivity (Wildman–Crippen MR) is 39.7 cm³/mol. The maximum Gasteiger partial charge on any atom is 0.0992 e. The van der Waals surface area contributed by atoms with E-state index in [0.717, 1.165) is 13.1 Å². The Balaban J connectivity index is 2.04. The number of hydrogen-bond acceptors (Lipinski definition) is 3. The van der Waals surface area contributed by atoms with Gasteiger partial charge in [-0.1, -0.05) is 0 Å². The van der Waals surface area contributed by atoms with Crippen LogP contribution in [0, 0.1) is 0 Å². The summed E-state index contributed by atoms with van der Waals surface area (Å²) < 4.78 is 5.02. The first-order chi connectivity index (χ1) is 5.40. The number of nitrogens with zero attached hydrogens (tertiary/aromatic N) is 2. The third-order valence-corrected chi connectivity index (χ3v) is 1.89. The lowest BCUT2D eigenvalue weighted by Crippen LogP contribution is -2.19. The molecule has 4 nitrogen and oxygen atoms in total. The van der Waals surface area contributed by atoms with Gasteiger partial charge in [-0.2, -0.15) is 5.10 Å². The quantitative estimate of drug-likeness (QED) is 0.665. The van der Waals surface area contributed by atoms with E-state index in [1.165, 1.54) is 11.3 Å². The Morgan fingerprint density at radius 3 is 3.36 bits per heavy atom. The second-order valence-corrected chi connectivity index (χ2v) is 2.78. The lowest BCUT2D eigenvalue weighted by molar-refractivity contribution is 0.0605. The smallest absolute Gasteiger partial charge is 0.0992 e. The van der Waals surface area contributed by atoms with Gasteiger partial charge < -0.3 is 4.74 Å². The van der Waals surface area contributed by atoms with Gasteiger partial charge in [0.25, 0.3) is 0 Å². The van der Waals surface area contributed by atoms with Crippen molar-refractivity contribution in [1.29, 1.82) is 0 Å². The van der Waals surface area contributed by atoms with Crippen LogP contribution >= 0.6 is 0 Å². The van der Waals surface area contributed by atoms with Gasteiger partial charge in [-0.25, -0.2) is 0 Å². The molecule has 0 saturated heterocycles. The Kier molecular flexibility index (Phi) is 1.63. The summed E-state index contributed by atoms with van der Waals surface area (Å²) >= 11 is 0. The third-order valence-electron chi connectivity index (χ3n) is 1.89. The molecule has 1 aromatic heterocycles. The fraction of sp³-hybridized carbons (Fsp3) is 0.571. The summed E-state index contributed by atoms with van der Waals surface area (Å²) in [5, 5.41) is 6.90. The average molecular weight is 153 g/mol. The lowest BCUT2D eigenvalue weighted by atomic mass is 10.3. The van der Waals surface area contributed by atoms with Gasteiger partial charge in [0.2, 0.25) is 0 Å². The molecule has 2 heterocycles. The Labute approximate surface area is 65.2 Å². The molecular formula is C7H11N3O. The largest absolute Gasteiger partial charge is 0.369 e. The number of ether oxygens (including phenoxy) is 1. The van der Waals surface area contributed by atoms with Crippen molar-refractivity contribution in [3.8, 4) is 0 Å². The van der Waals surface area contributed by atoms with E-state index in [0.29, 0.717) is 6.73 Å². The van der Waals surface area contributed by atoms with Gasteiger partial charge in [-0.15, -0.1) is 0 Å². The van der Waals surface area contributed by atoms with E-state index < -0.39 is 0 Å². The van der Waals surface area contributed by atoms with Crippen molar-refractivity contribution in [2.45, 2.75) is 13.1 Å². The number of H-pyrrole nitrogens is 1. The van der Waals surface area contributed by atoms with Crippen LogP contribution in [0.5, 0.6) is 0 Å². The summed E-state index contributed by atoms with van der Waals surface area (Å²) in [6.07, 6.45) is 1.88. The molecule has 0 radical (unpaired) electrons. The molecule has 0 amide bonds. The van der Waals surface area contributed by atoms with Gasteiger partial charge in [-0.05, 0) is 0 Å². The topological polar surface area (TPSA) is 41.1 Å². The number of methoxy groups -OCH3 is 1. The molecule has 0 saturated carbocycles. The fourth-order valence-electron chi connectivity index (χ4n) is 1.41. The van der Waals surface area contributed by atoms with Crippen molar-refractivity contribution in [3.63, 3.8) is 0 Å². The molecule has 0 aliphatic carbocycles. The monoisotopic (exact) mass is 153 g/mol. The number of nitrogens with one attached hydrogen (secondary N) is 1. The summed E-state index contributed by atoms with van der Waals surface area (Å²) in [6.45, 7) is 2.59. The molecule has 1 aromatic rings. The molecule has 11 heavy (non-hydrogen) atoms. The van der Waals surface area contributed by atoms with Crippen LogP contribution in [0.2, 0.25) is 0 Å². The van der Waals surface area contributed by atoms with E-state index in [4.69, 9.17) is 4.74 Å². The van der Waals surface area contributed by atoms with Crippen molar-refractivity contribution in [2.75, 3.05) is 13.8 Å². The SMILES string of the molecule is COCN1Cc2cn[nH]c2C1. The highest BCUT2D eigenvalue weighted by atomic mass is 16.5. The van der Waals surface area contributed by atoms with Crippen LogP contribution in [0.4, 0.5) is 0 Å². The number of hydrogen-bond donors (Lipinski definition) is 1. The standard InChI is InChI=1S/C7H11N3O/c1-11-5-10-3-6-2-8-9-7(6)4-10/h2H,3-5H2,1H3,(H,8,9). The molecule has 0 unspecified atom stereocenters. The molecular weight excluding hydrogens is 142 g/mol. The zero-order chi connectivity index (χ0) is 7.68. The van der Waals surface area contributed by atoms with Crippen LogP contribution in [0.1, 0.15) is 11.3 Å². The van der Waals surface area contributed by atoms with Gasteiger partial charge in [-0.3, -0.25) is 10.00 Å². The summed E-state index contributed by atoms with van der Waals surface area (Å²) in [5.74, 6) is 0. The zero-order valence-corrected chi connectivity index (χ0v) is 6.50. The van der Waals surface area contributed by atoms with Crippen LogP contribution in [-0.4, -0.2) is 28.9 Å². The number of aromatic amines is 1. The van der Waals surface area contributed by atoms with Crippen molar-refractivity contribution in [2.24, 2.45) is 0 Å². The van der Waals surface area contributed by atoms with Crippen molar-refractivity contribution in [3.05, 3.63) is 17.5 Å². The highest BCUT2D eigenvalue weighted by Crippen LogP contribution is 2.18. The minimum absolute atomic E-state index is 0.697. The Hall–Kier alpha value is -0.870. The maximum absolute atomic E-state index is 5.02. The van der Waals surface area contributed by atoms with Gasteiger partial charge >= 0.3 is 0 Å². The third kappa shape index (κ3) is 1.15. The van der Waals surface area contributed by atoms with E-state index in [2.05, 4.69) is 15.1 Å². The van der Waals surface area contributed by atoms with Crippen LogP contribution in [0.3, 0.4) is 0 Å². The first-order valence-electron chi connectivity index (χ1n) is 3.62. The molecule has 1 N–H and O–H groups in total. The molecule has 0 fully saturated rings. The van der Waals surface area contributed by atoms with Gasteiger partial charge in [0.15, 0.2) is 0 Å². The van der Waals surface area contributed by atoms with Crippen LogP contribution in [-0.2, 0) is 17.8 Å². The number of fused-ring (bicyclic) bond motifs is 1. The summed E-state index contributed by atoms with van der Waals surface area (Å²) in [4.78, 5) is 2.21. The van der Waals surface area contributed by atoms with E-state index >= 15 is 0 Å². The normalized spacial score (nSPS) is 17.2. The highest BCUT2D eigenvalue weighted by Gasteiger charge is 2.19. The van der Waals surface area contributed by atoms with E-state index in [1.54, 1.807) is 7.11 Å². The molecule has 0 spiro atoms. The number of aromatic nitrogens is 2. The molecule has 1 aliphatic rings. The Morgan fingerprint density at radius 2 is 2.64 bits per heavy atom. The van der Waals surface area contributed by atoms with Crippen molar-refractivity contribution in [1.82, 2.24) is 15.1 Å². The first-order valence-corrected chi connectivity index (χ1v) is 3.62. The Morgan fingerprint density at radius 1 is 1.73 bits per heavy atom. The minimum atomic E-state index is 0.697. The molecule has 0 bridgehead atoms. The molecule has 60 valence electrons. The lowest BCUT2D eigenvalue weighted by Gasteiger charge is -2.11. The maximum atomic E-state index is 5.02.